The highest BCUT2D eigenvalue weighted by molar-refractivity contribution is 5.51. The van der Waals surface area contributed by atoms with Gasteiger partial charge < -0.3 is 10.1 Å². The molecule has 0 radical (unpaired) electrons. The van der Waals surface area contributed by atoms with Crippen LogP contribution < -0.4 is 10.1 Å². The molecule has 0 bridgehead atoms. The number of hydrogen-bond acceptors (Lipinski definition) is 2. The van der Waals surface area contributed by atoms with E-state index >= 15 is 0 Å². The molecule has 0 aliphatic rings. The molecule has 88 valence electrons. The minimum Gasteiger partial charge on any atom is -0.488 e. The number of ether oxygens (including phenoxy) is 1. The lowest BCUT2D eigenvalue weighted by atomic mass is 10.2. The second-order valence-corrected chi connectivity index (χ2v) is 4.84. The molecule has 0 aliphatic heterocycles. The summed E-state index contributed by atoms with van der Waals surface area (Å²) in [6.07, 6.45) is 2.04. The van der Waals surface area contributed by atoms with Crippen LogP contribution in [0.3, 0.4) is 0 Å². The molecule has 1 aromatic carbocycles. The highest BCUT2D eigenvalue weighted by Crippen LogP contribution is 2.22. The Labute approximate surface area is 98.3 Å². The van der Waals surface area contributed by atoms with E-state index in [9.17, 15) is 0 Å². The van der Waals surface area contributed by atoms with E-state index < -0.39 is 0 Å². The fourth-order valence-corrected chi connectivity index (χ4v) is 1.29. The van der Waals surface area contributed by atoms with Crippen molar-refractivity contribution in [1.82, 2.24) is 0 Å². The van der Waals surface area contributed by atoms with Gasteiger partial charge in [0.05, 0.1) is 0 Å². The Morgan fingerprint density at radius 2 is 2.00 bits per heavy atom. The molecule has 2 nitrogen and oxygen atoms in total. The summed E-state index contributed by atoms with van der Waals surface area (Å²) in [4.78, 5) is 0. The fourth-order valence-electron chi connectivity index (χ4n) is 1.29. The Hall–Kier alpha value is -1.44. The minimum absolute atomic E-state index is 0.158. The highest BCUT2D eigenvalue weighted by atomic mass is 16.5. The Balaban J connectivity index is 2.79. The standard InChI is InChI=1S/C14H21NO/c1-6-11(2)15-12-8-7-9-13(10-12)16-14(3,4)5/h6-10,15H,1-5H3/b11-6-. The normalized spacial score (nSPS) is 12.4. The van der Waals surface area contributed by atoms with Crippen molar-refractivity contribution in [2.45, 2.75) is 40.2 Å². The first-order valence-electron chi connectivity index (χ1n) is 5.60. The Morgan fingerprint density at radius 3 is 2.56 bits per heavy atom. The molecular weight excluding hydrogens is 198 g/mol. The zero-order valence-corrected chi connectivity index (χ0v) is 10.8. The first-order valence-corrected chi connectivity index (χ1v) is 5.60. The van der Waals surface area contributed by atoms with Gasteiger partial charge in [0.25, 0.3) is 0 Å². The molecule has 0 atom stereocenters. The molecule has 0 saturated heterocycles. The summed E-state index contributed by atoms with van der Waals surface area (Å²) in [6, 6.07) is 8.01. The topological polar surface area (TPSA) is 21.3 Å². The van der Waals surface area contributed by atoms with Crippen LogP contribution in [0.1, 0.15) is 34.6 Å². The third-order valence-electron chi connectivity index (χ3n) is 2.03. The lowest BCUT2D eigenvalue weighted by Gasteiger charge is -2.21. The van der Waals surface area contributed by atoms with Crippen molar-refractivity contribution in [2.24, 2.45) is 0 Å². The summed E-state index contributed by atoms with van der Waals surface area (Å²) in [5.74, 6) is 0.890. The molecule has 1 N–H and O–H groups in total. The maximum absolute atomic E-state index is 5.80. The summed E-state index contributed by atoms with van der Waals surface area (Å²) in [7, 11) is 0. The molecule has 0 amide bonds. The van der Waals surface area contributed by atoms with Crippen molar-refractivity contribution in [3.63, 3.8) is 0 Å². The van der Waals surface area contributed by atoms with Gasteiger partial charge in [0, 0.05) is 17.5 Å². The van der Waals surface area contributed by atoms with Gasteiger partial charge in [-0.2, -0.15) is 0 Å². The van der Waals surface area contributed by atoms with Crippen molar-refractivity contribution in [1.29, 1.82) is 0 Å². The first-order chi connectivity index (χ1) is 7.40. The van der Waals surface area contributed by atoms with E-state index in [1.807, 2.05) is 65.0 Å². The Morgan fingerprint density at radius 1 is 1.31 bits per heavy atom. The second kappa shape index (κ2) is 5.06. The summed E-state index contributed by atoms with van der Waals surface area (Å²) >= 11 is 0. The van der Waals surface area contributed by atoms with E-state index in [2.05, 4.69) is 5.32 Å². The number of hydrogen-bond donors (Lipinski definition) is 1. The van der Waals surface area contributed by atoms with Gasteiger partial charge in [-0.1, -0.05) is 12.1 Å². The Bertz CT molecular complexity index is 375. The van der Waals surface area contributed by atoms with Crippen LogP contribution in [0.25, 0.3) is 0 Å². The zero-order valence-electron chi connectivity index (χ0n) is 10.8. The molecule has 0 heterocycles. The highest BCUT2D eigenvalue weighted by Gasteiger charge is 2.11. The van der Waals surface area contributed by atoms with Crippen molar-refractivity contribution in [2.75, 3.05) is 5.32 Å². The van der Waals surface area contributed by atoms with E-state index in [-0.39, 0.29) is 5.60 Å². The number of allylic oxidation sites excluding steroid dienone is 2. The van der Waals surface area contributed by atoms with E-state index in [1.165, 1.54) is 0 Å². The average molecular weight is 219 g/mol. The van der Waals surface area contributed by atoms with Gasteiger partial charge in [0.2, 0.25) is 0 Å². The molecule has 1 aromatic rings. The molecular formula is C14H21NO. The SMILES string of the molecule is C/C=C(/C)Nc1cccc(OC(C)(C)C)c1. The molecule has 0 saturated carbocycles. The minimum atomic E-state index is -0.158. The van der Waals surface area contributed by atoms with Gasteiger partial charge in [0.15, 0.2) is 0 Å². The molecule has 0 aromatic heterocycles. The van der Waals surface area contributed by atoms with Crippen LogP contribution in [0.5, 0.6) is 5.75 Å². The number of nitrogens with one attached hydrogen (secondary N) is 1. The number of rotatable bonds is 3. The summed E-state index contributed by atoms with van der Waals surface area (Å²) < 4.78 is 5.80. The molecule has 0 spiro atoms. The number of anilines is 1. The Kier molecular flexibility index (Phi) is 3.99. The van der Waals surface area contributed by atoms with Crippen LogP contribution >= 0.6 is 0 Å². The molecule has 0 aliphatic carbocycles. The molecule has 16 heavy (non-hydrogen) atoms. The maximum Gasteiger partial charge on any atom is 0.122 e. The van der Waals surface area contributed by atoms with Crippen molar-refractivity contribution in [3.8, 4) is 5.75 Å². The van der Waals surface area contributed by atoms with Gasteiger partial charge in [0.1, 0.15) is 11.4 Å². The monoisotopic (exact) mass is 219 g/mol. The second-order valence-electron chi connectivity index (χ2n) is 4.84. The van der Waals surface area contributed by atoms with Crippen molar-refractivity contribution < 1.29 is 4.74 Å². The van der Waals surface area contributed by atoms with Crippen LogP contribution in [0, 0.1) is 0 Å². The van der Waals surface area contributed by atoms with E-state index in [4.69, 9.17) is 4.74 Å². The molecule has 2 heteroatoms. The van der Waals surface area contributed by atoms with Crippen molar-refractivity contribution >= 4 is 5.69 Å². The lowest BCUT2D eigenvalue weighted by molar-refractivity contribution is 0.131. The fraction of sp³-hybridized carbons (Fsp3) is 0.429. The van der Waals surface area contributed by atoms with Gasteiger partial charge in [-0.05, 0) is 46.8 Å². The average Bonchev–Trinajstić information content (AvgIpc) is 2.15. The summed E-state index contributed by atoms with van der Waals surface area (Å²) in [5.41, 5.74) is 2.03. The number of benzene rings is 1. The molecule has 0 fully saturated rings. The van der Waals surface area contributed by atoms with Gasteiger partial charge >= 0.3 is 0 Å². The van der Waals surface area contributed by atoms with Crippen LogP contribution in [0.4, 0.5) is 5.69 Å². The van der Waals surface area contributed by atoms with Crippen LogP contribution in [0.2, 0.25) is 0 Å². The third-order valence-corrected chi connectivity index (χ3v) is 2.03. The van der Waals surface area contributed by atoms with Gasteiger partial charge in [-0.3, -0.25) is 0 Å². The lowest BCUT2D eigenvalue weighted by Crippen LogP contribution is -2.22. The summed E-state index contributed by atoms with van der Waals surface area (Å²) in [5, 5.41) is 3.30. The maximum atomic E-state index is 5.80. The predicted molar refractivity (Wildman–Crippen MR) is 69.9 cm³/mol. The third kappa shape index (κ3) is 4.39. The van der Waals surface area contributed by atoms with E-state index in [0.717, 1.165) is 17.1 Å². The summed E-state index contributed by atoms with van der Waals surface area (Å²) in [6.45, 7) is 10.2. The van der Waals surface area contributed by atoms with Crippen molar-refractivity contribution in [3.05, 3.63) is 36.0 Å². The van der Waals surface area contributed by atoms with E-state index in [1.54, 1.807) is 0 Å². The van der Waals surface area contributed by atoms with E-state index in [0.29, 0.717) is 0 Å². The quantitative estimate of drug-likeness (QED) is 0.822. The smallest absolute Gasteiger partial charge is 0.122 e. The predicted octanol–water partition coefficient (Wildman–Crippen LogP) is 4.20. The van der Waals surface area contributed by atoms with Gasteiger partial charge in [-0.25, -0.2) is 0 Å². The zero-order chi connectivity index (χ0) is 12.2. The van der Waals surface area contributed by atoms with Gasteiger partial charge in [-0.15, -0.1) is 0 Å². The van der Waals surface area contributed by atoms with Crippen LogP contribution in [-0.2, 0) is 0 Å². The van der Waals surface area contributed by atoms with Crippen LogP contribution in [-0.4, -0.2) is 5.60 Å². The molecule has 0 unspecified atom stereocenters. The first kappa shape index (κ1) is 12.6. The largest absolute Gasteiger partial charge is 0.488 e. The molecule has 1 rings (SSSR count). The van der Waals surface area contributed by atoms with Crippen LogP contribution in [0.15, 0.2) is 36.0 Å².